The summed E-state index contributed by atoms with van der Waals surface area (Å²) in [6.45, 7) is 0. The van der Waals surface area contributed by atoms with Crippen molar-refractivity contribution in [1.82, 2.24) is 8.80 Å². The molecule has 3 aromatic heterocycles. The van der Waals surface area contributed by atoms with Gasteiger partial charge in [0.05, 0.1) is 38.8 Å². The van der Waals surface area contributed by atoms with Crippen LogP contribution in [0.4, 0.5) is 34.1 Å². The molecule has 244 valence electrons. The van der Waals surface area contributed by atoms with Gasteiger partial charge in [-0.15, -0.1) is 0 Å². The first kappa shape index (κ1) is 28.8. The van der Waals surface area contributed by atoms with Crippen molar-refractivity contribution in [2.45, 2.75) is 0 Å². The molecule has 0 aliphatic rings. The molecule has 4 heteroatoms. The molecule has 0 amide bonds. The summed E-state index contributed by atoms with van der Waals surface area (Å²) in [5.41, 5.74) is 13.9. The second kappa shape index (κ2) is 11.2. The zero-order valence-corrected chi connectivity index (χ0v) is 28.3. The van der Waals surface area contributed by atoms with Crippen LogP contribution >= 0.6 is 0 Å². The van der Waals surface area contributed by atoms with Gasteiger partial charge in [-0.2, -0.15) is 0 Å². The molecule has 4 nitrogen and oxygen atoms in total. The van der Waals surface area contributed by atoms with E-state index in [0.717, 1.165) is 34.1 Å². The van der Waals surface area contributed by atoms with Crippen molar-refractivity contribution >= 4 is 88.8 Å². The fourth-order valence-electron chi connectivity index (χ4n) is 8.47. The number of fused-ring (bicyclic) bond motifs is 8. The van der Waals surface area contributed by atoms with Crippen molar-refractivity contribution in [3.05, 3.63) is 194 Å². The van der Waals surface area contributed by atoms with E-state index in [2.05, 4.69) is 213 Å². The van der Waals surface area contributed by atoms with Crippen LogP contribution in [0.2, 0.25) is 0 Å². The molecule has 0 unspecified atom stereocenters. The first-order valence-corrected chi connectivity index (χ1v) is 17.8. The third-order valence-electron chi connectivity index (χ3n) is 10.5. The highest BCUT2D eigenvalue weighted by molar-refractivity contribution is 6.25. The van der Waals surface area contributed by atoms with Crippen LogP contribution in [0, 0.1) is 0 Å². The van der Waals surface area contributed by atoms with E-state index in [4.69, 9.17) is 0 Å². The summed E-state index contributed by atoms with van der Waals surface area (Å²) in [5.74, 6) is 0. The summed E-state index contributed by atoms with van der Waals surface area (Å²) in [6, 6.07) is 70.0. The summed E-state index contributed by atoms with van der Waals surface area (Å²) in [5, 5.41) is 4.92. The molecule has 0 spiro atoms. The maximum atomic E-state index is 2.52. The second-order valence-electron chi connectivity index (χ2n) is 13.4. The minimum absolute atomic E-state index is 1.11. The predicted octanol–water partition coefficient (Wildman–Crippen LogP) is 13.2. The van der Waals surface area contributed by atoms with Crippen molar-refractivity contribution in [3.8, 4) is 0 Å². The smallest absolute Gasteiger partial charge is 0.0804 e. The molecule has 0 atom stereocenters. The van der Waals surface area contributed by atoms with Gasteiger partial charge < -0.3 is 18.6 Å². The van der Waals surface area contributed by atoms with Gasteiger partial charge in [0.1, 0.15) is 0 Å². The quantitative estimate of drug-likeness (QED) is 0.164. The first-order chi connectivity index (χ1) is 25.8. The van der Waals surface area contributed by atoms with Crippen LogP contribution < -0.4 is 9.80 Å². The lowest BCUT2D eigenvalue weighted by Gasteiger charge is -2.27. The highest BCUT2D eigenvalue weighted by atomic mass is 15.2. The van der Waals surface area contributed by atoms with E-state index in [1.165, 1.54) is 54.6 Å². The molecule has 0 saturated carbocycles. The Morgan fingerprint density at radius 2 is 0.750 bits per heavy atom. The van der Waals surface area contributed by atoms with E-state index in [9.17, 15) is 0 Å². The number of aromatic nitrogens is 2. The molecule has 52 heavy (non-hydrogen) atoms. The predicted molar refractivity (Wildman–Crippen MR) is 219 cm³/mol. The Morgan fingerprint density at radius 1 is 0.288 bits per heavy atom. The van der Waals surface area contributed by atoms with Gasteiger partial charge >= 0.3 is 0 Å². The van der Waals surface area contributed by atoms with Crippen LogP contribution in [-0.2, 0) is 0 Å². The molecule has 0 N–H and O–H groups in total. The standard InChI is InChI=1S/C48H32N4/c1-5-17-33(18-6-1)49(34-19-7-2-8-20-34)37-31-40-38-25-13-15-27-41(38)51-44-30-29-43(50(35-21-9-3-10-22-35)36-23-11-4-12-24-36)46-39-26-14-16-28-42(39)52(48(44)46)45(32-37)47(40)51/h1-32H. The lowest BCUT2D eigenvalue weighted by Crippen LogP contribution is -2.11. The van der Waals surface area contributed by atoms with Crippen molar-refractivity contribution < 1.29 is 0 Å². The molecule has 8 aromatic carbocycles. The van der Waals surface area contributed by atoms with Gasteiger partial charge in [-0.1, -0.05) is 109 Å². The van der Waals surface area contributed by atoms with Crippen LogP contribution in [0.15, 0.2) is 194 Å². The van der Waals surface area contributed by atoms with Crippen LogP contribution in [0.25, 0.3) is 54.6 Å². The van der Waals surface area contributed by atoms with E-state index in [-0.39, 0.29) is 0 Å². The maximum Gasteiger partial charge on any atom is 0.0804 e. The topological polar surface area (TPSA) is 15.3 Å². The van der Waals surface area contributed by atoms with Gasteiger partial charge in [0.2, 0.25) is 0 Å². The fraction of sp³-hybridized carbons (Fsp3) is 0. The largest absolute Gasteiger partial charge is 0.310 e. The van der Waals surface area contributed by atoms with E-state index in [1.54, 1.807) is 0 Å². The fourth-order valence-corrected chi connectivity index (χ4v) is 8.47. The van der Waals surface area contributed by atoms with Crippen molar-refractivity contribution in [2.75, 3.05) is 9.80 Å². The van der Waals surface area contributed by atoms with Crippen molar-refractivity contribution in [2.24, 2.45) is 0 Å². The van der Waals surface area contributed by atoms with Gasteiger partial charge in [0.15, 0.2) is 0 Å². The number of anilines is 6. The average molecular weight is 665 g/mol. The minimum atomic E-state index is 1.11. The summed E-state index contributed by atoms with van der Waals surface area (Å²) >= 11 is 0. The molecule has 3 heterocycles. The first-order valence-electron chi connectivity index (χ1n) is 17.8. The summed E-state index contributed by atoms with van der Waals surface area (Å²) in [4.78, 5) is 4.78. The number of benzene rings is 8. The molecule has 0 radical (unpaired) electrons. The van der Waals surface area contributed by atoms with Gasteiger partial charge in [0.25, 0.3) is 0 Å². The maximum absolute atomic E-state index is 2.52. The Labute approximate surface area is 300 Å². The summed E-state index contributed by atoms with van der Waals surface area (Å²) in [6.07, 6.45) is 0. The number of hydrogen-bond acceptors (Lipinski definition) is 2. The Bertz CT molecular complexity index is 2980. The van der Waals surface area contributed by atoms with Gasteiger partial charge in [-0.3, -0.25) is 0 Å². The molecule has 11 aromatic rings. The van der Waals surface area contributed by atoms with E-state index >= 15 is 0 Å². The third kappa shape index (κ3) is 4.09. The van der Waals surface area contributed by atoms with Crippen molar-refractivity contribution in [3.63, 3.8) is 0 Å². The molecular weight excluding hydrogens is 633 g/mol. The van der Waals surface area contributed by atoms with Gasteiger partial charge in [-0.05, 0) is 84.9 Å². The summed E-state index contributed by atoms with van der Waals surface area (Å²) < 4.78 is 5.02. The molecule has 11 rings (SSSR count). The number of para-hydroxylation sites is 6. The molecule has 0 saturated heterocycles. The SMILES string of the molecule is c1ccc(N(c2ccccc2)c2cc3c4ccccc4n4c5ccc(N(c6ccccc6)c6ccccc6)c6c7ccccc7n(c(c2)c34)c65)cc1. The van der Waals surface area contributed by atoms with Crippen LogP contribution in [-0.4, -0.2) is 8.80 Å². The van der Waals surface area contributed by atoms with E-state index in [1.807, 2.05) is 0 Å². The Morgan fingerprint density at radius 3 is 1.33 bits per heavy atom. The van der Waals surface area contributed by atoms with Crippen LogP contribution in [0.3, 0.4) is 0 Å². The monoisotopic (exact) mass is 664 g/mol. The number of hydrogen-bond donors (Lipinski definition) is 0. The Hall–Kier alpha value is -7.04. The molecule has 0 bridgehead atoms. The minimum Gasteiger partial charge on any atom is -0.310 e. The molecular formula is C48H32N4. The van der Waals surface area contributed by atoms with Crippen LogP contribution in [0.1, 0.15) is 0 Å². The zero-order valence-electron chi connectivity index (χ0n) is 28.3. The molecule has 0 aliphatic carbocycles. The lowest BCUT2D eigenvalue weighted by molar-refractivity contribution is 1.24. The third-order valence-corrected chi connectivity index (χ3v) is 10.5. The highest BCUT2D eigenvalue weighted by Crippen LogP contribution is 2.48. The Kier molecular flexibility index (Phi) is 6.22. The normalized spacial score (nSPS) is 11.8. The van der Waals surface area contributed by atoms with Gasteiger partial charge in [-0.25, -0.2) is 0 Å². The molecule has 0 fully saturated rings. The Balaban J connectivity index is 1.33. The second-order valence-corrected chi connectivity index (χ2v) is 13.4. The van der Waals surface area contributed by atoms with Gasteiger partial charge in [0, 0.05) is 50.0 Å². The van der Waals surface area contributed by atoms with Crippen molar-refractivity contribution in [1.29, 1.82) is 0 Å². The molecule has 0 aliphatic heterocycles. The highest BCUT2D eigenvalue weighted by Gasteiger charge is 2.26. The summed E-state index contributed by atoms with van der Waals surface area (Å²) in [7, 11) is 0. The zero-order chi connectivity index (χ0) is 34.2. The van der Waals surface area contributed by atoms with E-state index < -0.39 is 0 Å². The van der Waals surface area contributed by atoms with Crippen LogP contribution in [0.5, 0.6) is 0 Å². The van der Waals surface area contributed by atoms with E-state index in [0.29, 0.717) is 0 Å². The lowest BCUT2D eigenvalue weighted by atomic mass is 10.1. The number of nitrogens with zero attached hydrogens (tertiary/aromatic N) is 4. The average Bonchev–Trinajstić information content (AvgIpc) is 3.74. The number of rotatable bonds is 6.